The van der Waals surface area contributed by atoms with E-state index in [2.05, 4.69) is 25.2 Å². The Kier molecular flexibility index (Phi) is 5.17. The highest BCUT2D eigenvalue weighted by atomic mass is 16.2. The summed E-state index contributed by atoms with van der Waals surface area (Å²) in [5.41, 5.74) is 1.24. The maximum Gasteiger partial charge on any atom is 0.270 e. The first kappa shape index (κ1) is 16.8. The summed E-state index contributed by atoms with van der Waals surface area (Å²) in [5, 5.41) is 2.83. The second-order valence-electron chi connectivity index (χ2n) is 5.80. The molecule has 8 heteroatoms. The first-order valence-corrected chi connectivity index (χ1v) is 8.13. The van der Waals surface area contributed by atoms with Crippen molar-refractivity contribution < 1.29 is 9.59 Å². The number of hydrogen-bond acceptors (Lipinski definition) is 6. The van der Waals surface area contributed by atoms with Crippen molar-refractivity contribution in [1.82, 2.24) is 25.2 Å². The van der Waals surface area contributed by atoms with Gasteiger partial charge in [-0.2, -0.15) is 0 Å². The molecule has 2 amide bonds. The number of carbonyl (C=O) groups is 2. The molecule has 0 unspecified atom stereocenters. The maximum atomic E-state index is 12.3. The first-order chi connectivity index (χ1) is 12.1. The lowest BCUT2D eigenvalue weighted by Gasteiger charge is -2.34. The third kappa shape index (κ3) is 4.28. The number of piperazine rings is 1. The predicted molar refractivity (Wildman–Crippen MR) is 91.9 cm³/mol. The normalized spacial score (nSPS) is 14.3. The summed E-state index contributed by atoms with van der Waals surface area (Å²) in [5.74, 6) is 0.525. The Balaban J connectivity index is 1.61. The Hall–Kier alpha value is -3.03. The van der Waals surface area contributed by atoms with Gasteiger partial charge in [-0.15, -0.1) is 0 Å². The molecule has 130 valence electrons. The number of amides is 2. The molecule has 0 aromatic carbocycles. The molecule has 1 aliphatic heterocycles. The summed E-state index contributed by atoms with van der Waals surface area (Å²) >= 11 is 0. The fourth-order valence-electron chi connectivity index (χ4n) is 2.67. The second kappa shape index (κ2) is 7.69. The summed E-state index contributed by atoms with van der Waals surface area (Å²) in [6.07, 6.45) is 4.79. The molecule has 0 aliphatic carbocycles. The largest absolute Gasteiger partial charge is 0.353 e. The average Bonchev–Trinajstić information content (AvgIpc) is 2.67. The number of rotatable bonds is 4. The number of anilines is 1. The molecule has 1 N–H and O–H groups in total. The van der Waals surface area contributed by atoms with Crippen LogP contribution in [-0.4, -0.2) is 57.8 Å². The lowest BCUT2D eigenvalue weighted by Crippen LogP contribution is -2.48. The van der Waals surface area contributed by atoms with Gasteiger partial charge < -0.3 is 15.1 Å². The van der Waals surface area contributed by atoms with Gasteiger partial charge in [0.15, 0.2) is 0 Å². The molecular weight excluding hydrogens is 320 g/mol. The molecule has 3 rings (SSSR count). The Morgan fingerprint density at radius 3 is 2.68 bits per heavy atom. The molecule has 8 nitrogen and oxygen atoms in total. The van der Waals surface area contributed by atoms with Gasteiger partial charge in [0, 0.05) is 58.1 Å². The maximum absolute atomic E-state index is 12.3. The van der Waals surface area contributed by atoms with Crippen LogP contribution in [0.3, 0.4) is 0 Å². The molecule has 0 atom stereocenters. The summed E-state index contributed by atoms with van der Waals surface area (Å²) in [6, 6.07) is 5.40. The van der Waals surface area contributed by atoms with E-state index in [0.29, 0.717) is 44.2 Å². The average molecular weight is 340 g/mol. The minimum Gasteiger partial charge on any atom is -0.353 e. The predicted octanol–water partition coefficient (Wildman–Crippen LogP) is 0.470. The van der Waals surface area contributed by atoms with E-state index in [-0.39, 0.29) is 11.8 Å². The highest BCUT2D eigenvalue weighted by molar-refractivity contribution is 5.92. The van der Waals surface area contributed by atoms with Crippen molar-refractivity contribution in [2.75, 3.05) is 31.1 Å². The molecule has 1 aliphatic rings. The molecule has 0 spiro atoms. The van der Waals surface area contributed by atoms with Crippen molar-refractivity contribution in [3.63, 3.8) is 0 Å². The highest BCUT2D eigenvalue weighted by Gasteiger charge is 2.20. The number of nitrogens with zero attached hydrogens (tertiary/aromatic N) is 5. The molecular formula is C17H20N6O2. The third-order valence-corrected chi connectivity index (χ3v) is 4.11. The van der Waals surface area contributed by atoms with Crippen molar-refractivity contribution in [3.05, 3.63) is 48.2 Å². The van der Waals surface area contributed by atoms with Crippen LogP contribution in [0.4, 0.5) is 5.82 Å². The summed E-state index contributed by atoms with van der Waals surface area (Å²) in [7, 11) is 0. The molecule has 2 aromatic heterocycles. The van der Waals surface area contributed by atoms with Gasteiger partial charge in [-0.1, -0.05) is 6.07 Å². The SMILES string of the molecule is CC(=O)N1CCN(c2cc(C(=O)NCc3cccnc3)ncn2)CC1. The molecule has 1 saturated heterocycles. The van der Waals surface area contributed by atoms with Crippen molar-refractivity contribution in [1.29, 1.82) is 0 Å². The Bertz CT molecular complexity index is 744. The molecule has 0 radical (unpaired) electrons. The molecule has 1 fully saturated rings. The van der Waals surface area contributed by atoms with E-state index in [1.807, 2.05) is 12.1 Å². The Morgan fingerprint density at radius 2 is 2.00 bits per heavy atom. The van der Waals surface area contributed by atoms with Crippen LogP contribution in [-0.2, 0) is 11.3 Å². The quantitative estimate of drug-likeness (QED) is 0.870. The van der Waals surface area contributed by atoms with E-state index in [4.69, 9.17) is 0 Å². The van der Waals surface area contributed by atoms with E-state index in [1.54, 1.807) is 30.3 Å². The van der Waals surface area contributed by atoms with Crippen LogP contribution in [0.2, 0.25) is 0 Å². The van der Waals surface area contributed by atoms with E-state index in [1.165, 1.54) is 6.33 Å². The van der Waals surface area contributed by atoms with E-state index in [9.17, 15) is 9.59 Å². The second-order valence-corrected chi connectivity index (χ2v) is 5.80. The zero-order valence-corrected chi connectivity index (χ0v) is 14.1. The summed E-state index contributed by atoms with van der Waals surface area (Å²) in [4.78, 5) is 39.9. The number of carbonyl (C=O) groups excluding carboxylic acids is 2. The summed E-state index contributed by atoms with van der Waals surface area (Å²) in [6.45, 7) is 4.65. The van der Waals surface area contributed by atoms with Crippen LogP contribution >= 0.6 is 0 Å². The minimum atomic E-state index is -0.255. The molecule has 25 heavy (non-hydrogen) atoms. The Morgan fingerprint density at radius 1 is 1.20 bits per heavy atom. The van der Waals surface area contributed by atoms with E-state index >= 15 is 0 Å². The topological polar surface area (TPSA) is 91.3 Å². The molecule has 0 saturated carbocycles. The van der Waals surface area contributed by atoms with Crippen LogP contribution in [0.15, 0.2) is 36.9 Å². The van der Waals surface area contributed by atoms with Crippen LogP contribution in [0.1, 0.15) is 23.0 Å². The monoisotopic (exact) mass is 340 g/mol. The van der Waals surface area contributed by atoms with Gasteiger partial charge in [0.1, 0.15) is 17.8 Å². The first-order valence-electron chi connectivity index (χ1n) is 8.13. The number of hydrogen-bond donors (Lipinski definition) is 1. The summed E-state index contributed by atoms with van der Waals surface area (Å²) < 4.78 is 0. The zero-order chi connectivity index (χ0) is 17.6. The Labute approximate surface area is 145 Å². The number of aromatic nitrogens is 3. The highest BCUT2D eigenvalue weighted by Crippen LogP contribution is 2.14. The number of nitrogens with one attached hydrogen (secondary N) is 1. The van der Waals surface area contributed by atoms with Gasteiger partial charge >= 0.3 is 0 Å². The lowest BCUT2D eigenvalue weighted by molar-refractivity contribution is -0.129. The van der Waals surface area contributed by atoms with Crippen molar-refractivity contribution in [2.45, 2.75) is 13.5 Å². The van der Waals surface area contributed by atoms with Gasteiger partial charge in [0.2, 0.25) is 5.91 Å². The standard InChI is InChI=1S/C17H20N6O2/c1-13(24)22-5-7-23(8-6-22)16-9-15(20-12-21-16)17(25)19-11-14-3-2-4-18-10-14/h2-4,9-10,12H,5-8,11H2,1H3,(H,19,25). The fourth-order valence-corrected chi connectivity index (χ4v) is 2.67. The van der Waals surface area contributed by atoms with Crippen molar-refractivity contribution in [3.8, 4) is 0 Å². The van der Waals surface area contributed by atoms with Crippen LogP contribution < -0.4 is 10.2 Å². The fraction of sp³-hybridized carbons (Fsp3) is 0.353. The van der Waals surface area contributed by atoms with Crippen LogP contribution in [0.25, 0.3) is 0 Å². The minimum absolute atomic E-state index is 0.0813. The van der Waals surface area contributed by atoms with Gasteiger partial charge in [0.05, 0.1) is 0 Å². The van der Waals surface area contributed by atoms with Gasteiger partial charge in [-0.05, 0) is 11.6 Å². The van der Waals surface area contributed by atoms with Gasteiger partial charge in [0.25, 0.3) is 5.91 Å². The smallest absolute Gasteiger partial charge is 0.270 e. The number of pyridine rings is 1. The van der Waals surface area contributed by atoms with Crippen molar-refractivity contribution in [2.24, 2.45) is 0 Å². The zero-order valence-electron chi connectivity index (χ0n) is 14.1. The van der Waals surface area contributed by atoms with Crippen LogP contribution in [0.5, 0.6) is 0 Å². The van der Waals surface area contributed by atoms with Gasteiger partial charge in [-0.3, -0.25) is 14.6 Å². The molecule has 0 bridgehead atoms. The molecule has 2 aromatic rings. The lowest BCUT2D eigenvalue weighted by atomic mass is 10.2. The van der Waals surface area contributed by atoms with Gasteiger partial charge in [-0.25, -0.2) is 9.97 Å². The van der Waals surface area contributed by atoms with Crippen LogP contribution in [0, 0.1) is 0 Å². The van der Waals surface area contributed by atoms with E-state index in [0.717, 1.165) is 5.56 Å². The third-order valence-electron chi connectivity index (χ3n) is 4.11. The van der Waals surface area contributed by atoms with Crippen molar-refractivity contribution >= 4 is 17.6 Å². The van der Waals surface area contributed by atoms with E-state index < -0.39 is 0 Å². The molecule has 3 heterocycles.